The molecule has 4 nitrogen and oxygen atoms in total. The lowest BCUT2D eigenvalue weighted by atomic mass is 10.2. The highest BCUT2D eigenvalue weighted by Crippen LogP contribution is 2.30. The monoisotopic (exact) mass is 372 g/mol. The Balaban J connectivity index is 1.75. The van der Waals surface area contributed by atoms with E-state index in [1.54, 1.807) is 4.68 Å². The Morgan fingerprint density at radius 3 is 2.28 bits per heavy atom. The van der Waals surface area contributed by atoms with E-state index in [1.165, 1.54) is 12.1 Å². The van der Waals surface area contributed by atoms with Crippen molar-refractivity contribution in [2.75, 3.05) is 43.5 Å². The minimum absolute atomic E-state index is 0.623. The number of halogens is 4. The van der Waals surface area contributed by atoms with Gasteiger partial charge in [0.25, 0.3) is 0 Å². The second-order valence-electron chi connectivity index (χ2n) is 6.12. The molecule has 0 saturated carbocycles. The molecule has 0 unspecified atom stereocenters. The van der Waals surface area contributed by atoms with Gasteiger partial charge in [-0.05, 0) is 31.2 Å². The van der Waals surface area contributed by atoms with E-state index < -0.39 is 11.7 Å². The molecular formula is C17H20ClF3N4. The molecule has 3 rings (SSSR count). The van der Waals surface area contributed by atoms with Crippen molar-refractivity contribution in [2.24, 2.45) is 0 Å². The predicted molar refractivity (Wildman–Crippen MR) is 92.7 cm³/mol. The Kier molecular flexibility index (Phi) is 5.24. The van der Waals surface area contributed by atoms with E-state index in [0.717, 1.165) is 56.4 Å². The largest absolute Gasteiger partial charge is 0.416 e. The van der Waals surface area contributed by atoms with Crippen molar-refractivity contribution in [3.63, 3.8) is 0 Å². The van der Waals surface area contributed by atoms with Crippen LogP contribution in [0.2, 0.25) is 0 Å². The van der Waals surface area contributed by atoms with Gasteiger partial charge in [0, 0.05) is 50.4 Å². The van der Waals surface area contributed by atoms with Gasteiger partial charge in [-0.25, -0.2) is 4.68 Å². The Morgan fingerprint density at radius 2 is 1.72 bits per heavy atom. The molecule has 1 aliphatic heterocycles. The van der Waals surface area contributed by atoms with Crippen LogP contribution in [0.3, 0.4) is 0 Å². The van der Waals surface area contributed by atoms with Gasteiger partial charge >= 0.3 is 6.18 Å². The van der Waals surface area contributed by atoms with Crippen LogP contribution in [0.5, 0.6) is 0 Å². The van der Waals surface area contributed by atoms with Gasteiger partial charge in [-0.1, -0.05) is 0 Å². The topological polar surface area (TPSA) is 24.3 Å². The van der Waals surface area contributed by atoms with Crippen molar-refractivity contribution in [1.82, 2.24) is 14.7 Å². The first-order valence-corrected chi connectivity index (χ1v) is 8.69. The average Bonchev–Trinajstić information content (AvgIpc) is 2.97. The van der Waals surface area contributed by atoms with E-state index in [2.05, 4.69) is 14.9 Å². The molecule has 0 radical (unpaired) electrons. The number of benzene rings is 1. The van der Waals surface area contributed by atoms with Crippen LogP contribution < -0.4 is 4.90 Å². The lowest BCUT2D eigenvalue weighted by molar-refractivity contribution is -0.137. The van der Waals surface area contributed by atoms with Gasteiger partial charge in [0.1, 0.15) is 0 Å². The Hall–Kier alpha value is -1.73. The first-order chi connectivity index (χ1) is 11.9. The number of anilines is 1. The van der Waals surface area contributed by atoms with Crippen LogP contribution in [-0.2, 0) is 6.18 Å². The van der Waals surface area contributed by atoms with Gasteiger partial charge in [0.15, 0.2) is 5.82 Å². The number of rotatable bonds is 4. The van der Waals surface area contributed by atoms with Crippen molar-refractivity contribution >= 4 is 17.4 Å². The number of hydrogen-bond donors (Lipinski definition) is 0. The van der Waals surface area contributed by atoms with Crippen LogP contribution >= 0.6 is 11.6 Å². The van der Waals surface area contributed by atoms with Crippen LogP contribution in [0, 0.1) is 6.92 Å². The summed E-state index contributed by atoms with van der Waals surface area (Å²) in [7, 11) is 0. The summed E-state index contributed by atoms with van der Waals surface area (Å²) in [6.45, 7) is 6.37. The first-order valence-electron chi connectivity index (χ1n) is 8.16. The van der Waals surface area contributed by atoms with E-state index in [4.69, 9.17) is 11.6 Å². The molecule has 8 heteroatoms. The minimum Gasteiger partial charge on any atom is -0.353 e. The third kappa shape index (κ3) is 4.10. The van der Waals surface area contributed by atoms with Crippen molar-refractivity contribution in [1.29, 1.82) is 0 Å². The zero-order valence-electron chi connectivity index (χ0n) is 13.9. The van der Waals surface area contributed by atoms with Gasteiger partial charge in [-0.2, -0.15) is 18.3 Å². The number of alkyl halides is 4. The Labute approximate surface area is 149 Å². The maximum absolute atomic E-state index is 12.7. The summed E-state index contributed by atoms with van der Waals surface area (Å²) < 4.78 is 39.8. The maximum atomic E-state index is 12.7. The quantitative estimate of drug-likeness (QED) is 0.767. The van der Waals surface area contributed by atoms with Crippen molar-refractivity contribution in [3.05, 3.63) is 41.6 Å². The minimum atomic E-state index is -4.33. The molecule has 0 spiro atoms. The Bertz CT molecular complexity index is 704. The number of aryl methyl sites for hydroxylation is 1. The molecule has 0 atom stereocenters. The first kappa shape index (κ1) is 18.1. The summed E-state index contributed by atoms with van der Waals surface area (Å²) in [5.41, 5.74) is 0.854. The van der Waals surface area contributed by atoms with Crippen LogP contribution in [0.15, 0.2) is 30.3 Å². The van der Waals surface area contributed by atoms with Crippen molar-refractivity contribution in [3.8, 4) is 5.69 Å². The van der Waals surface area contributed by atoms with Gasteiger partial charge in [-0.15, -0.1) is 11.6 Å². The lowest BCUT2D eigenvalue weighted by Gasteiger charge is -2.34. The summed E-state index contributed by atoms with van der Waals surface area (Å²) in [5.74, 6) is 1.48. The fourth-order valence-corrected chi connectivity index (χ4v) is 3.22. The highest BCUT2D eigenvalue weighted by Gasteiger charge is 2.30. The molecule has 0 N–H and O–H groups in total. The second kappa shape index (κ2) is 7.25. The normalized spacial score (nSPS) is 16.4. The standard InChI is InChI=1S/C17H20ClF3N4/c1-13-12-16(24-10-8-23(7-6-18)9-11-24)22-25(13)15-4-2-14(3-5-15)17(19,20)21/h2-5,12H,6-11H2,1H3. The average molecular weight is 373 g/mol. The lowest BCUT2D eigenvalue weighted by Crippen LogP contribution is -2.47. The molecule has 0 amide bonds. The molecular weight excluding hydrogens is 353 g/mol. The summed E-state index contributed by atoms with van der Waals surface area (Å²) in [4.78, 5) is 4.50. The van der Waals surface area contributed by atoms with Crippen molar-refractivity contribution in [2.45, 2.75) is 13.1 Å². The van der Waals surface area contributed by atoms with Crippen LogP contribution in [0.1, 0.15) is 11.3 Å². The van der Waals surface area contributed by atoms with E-state index in [1.807, 2.05) is 13.0 Å². The van der Waals surface area contributed by atoms with Crippen molar-refractivity contribution < 1.29 is 13.2 Å². The van der Waals surface area contributed by atoms with Gasteiger partial charge in [-0.3, -0.25) is 4.90 Å². The van der Waals surface area contributed by atoms with Gasteiger partial charge < -0.3 is 4.90 Å². The summed E-state index contributed by atoms with van der Waals surface area (Å²) >= 11 is 5.78. The van der Waals surface area contributed by atoms with Crippen LogP contribution in [-0.4, -0.2) is 53.3 Å². The molecule has 1 aromatic carbocycles. The van der Waals surface area contributed by atoms with Gasteiger partial charge in [0.2, 0.25) is 0 Å². The molecule has 0 aliphatic carbocycles. The SMILES string of the molecule is Cc1cc(N2CCN(CCCl)CC2)nn1-c1ccc(C(F)(F)F)cc1. The van der Waals surface area contributed by atoms with E-state index >= 15 is 0 Å². The summed E-state index contributed by atoms with van der Waals surface area (Å²) in [6.07, 6.45) is -4.33. The molecule has 2 heterocycles. The fourth-order valence-electron chi connectivity index (χ4n) is 2.99. The van der Waals surface area contributed by atoms with Crippen LogP contribution in [0.4, 0.5) is 19.0 Å². The predicted octanol–water partition coefficient (Wildman–Crippen LogP) is 3.56. The van der Waals surface area contributed by atoms with Gasteiger partial charge in [0.05, 0.1) is 11.3 Å². The molecule has 1 aliphatic rings. The number of hydrogen-bond acceptors (Lipinski definition) is 3. The highest BCUT2D eigenvalue weighted by molar-refractivity contribution is 6.18. The smallest absolute Gasteiger partial charge is 0.353 e. The molecule has 25 heavy (non-hydrogen) atoms. The number of piperazine rings is 1. The Morgan fingerprint density at radius 1 is 1.08 bits per heavy atom. The maximum Gasteiger partial charge on any atom is 0.416 e. The number of nitrogens with zero attached hydrogens (tertiary/aromatic N) is 4. The summed E-state index contributed by atoms with van der Waals surface area (Å²) in [6, 6.07) is 7.03. The molecule has 1 aromatic heterocycles. The molecule has 1 fully saturated rings. The fraction of sp³-hybridized carbons (Fsp3) is 0.471. The zero-order chi connectivity index (χ0) is 18.0. The van der Waals surface area contributed by atoms with E-state index in [0.29, 0.717) is 11.6 Å². The second-order valence-corrected chi connectivity index (χ2v) is 6.50. The molecule has 2 aromatic rings. The van der Waals surface area contributed by atoms with Crippen LogP contribution in [0.25, 0.3) is 5.69 Å². The zero-order valence-corrected chi connectivity index (χ0v) is 14.7. The molecule has 0 bridgehead atoms. The third-order valence-electron chi connectivity index (χ3n) is 4.41. The van der Waals surface area contributed by atoms with E-state index in [-0.39, 0.29) is 0 Å². The number of aromatic nitrogens is 2. The molecule has 1 saturated heterocycles. The third-order valence-corrected chi connectivity index (χ3v) is 4.58. The molecule has 136 valence electrons. The summed E-state index contributed by atoms with van der Waals surface area (Å²) in [5, 5.41) is 4.58. The van der Waals surface area contributed by atoms with E-state index in [9.17, 15) is 13.2 Å². The highest BCUT2D eigenvalue weighted by atomic mass is 35.5.